The number of carbonyl (C=O) groups excluding carboxylic acids is 5. The van der Waals surface area contributed by atoms with Crippen molar-refractivity contribution in [2.45, 2.75) is 58.4 Å². The monoisotopic (exact) mass is 375 g/mol. The van der Waals surface area contributed by atoms with E-state index in [0.29, 0.717) is 0 Å². The number of likely N-dealkylation sites (N-methyl/N-ethyl adjacent to an activating group) is 1. The van der Waals surface area contributed by atoms with Gasteiger partial charge >= 0.3 is 23.9 Å². The second kappa shape index (κ2) is 9.13. The minimum Gasteiger partial charge on any atom is -0.455 e. The second-order valence-electron chi connectivity index (χ2n) is 5.37. The van der Waals surface area contributed by atoms with Crippen LogP contribution in [0.3, 0.4) is 0 Å². The zero-order valence-corrected chi connectivity index (χ0v) is 15.0. The van der Waals surface area contributed by atoms with E-state index in [1.165, 1.54) is 7.05 Å². The fourth-order valence-electron chi connectivity index (χ4n) is 2.39. The summed E-state index contributed by atoms with van der Waals surface area (Å²) in [5, 5.41) is 2.30. The zero-order chi connectivity index (χ0) is 20.0. The SMILES string of the molecule is CNC(=O)C1OC(OC(C)=O)C(OC(C)=O)C(OC(C)=O)C1OC(C)=O. The second-order valence-corrected chi connectivity index (χ2v) is 5.37. The molecule has 1 saturated heterocycles. The average molecular weight is 375 g/mol. The highest BCUT2D eigenvalue weighted by Crippen LogP contribution is 2.29. The highest BCUT2D eigenvalue weighted by molar-refractivity contribution is 5.82. The largest absolute Gasteiger partial charge is 0.455 e. The van der Waals surface area contributed by atoms with Crippen molar-refractivity contribution < 1.29 is 47.7 Å². The molecule has 0 spiro atoms. The van der Waals surface area contributed by atoms with Gasteiger partial charge in [0.1, 0.15) is 0 Å². The Kier molecular flexibility index (Phi) is 7.50. The van der Waals surface area contributed by atoms with Crippen molar-refractivity contribution in [1.82, 2.24) is 5.32 Å². The van der Waals surface area contributed by atoms with Crippen LogP contribution in [0.5, 0.6) is 0 Å². The lowest BCUT2D eigenvalue weighted by molar-refractivity contribution is -0.290. The normalized spacial score (nSPS) is 27.7. The molecule has 1 amide bonds. The van der Waals surface area contributed by atoms with Crippen molar-refractivity contribution in [3.8, 4) is 0 Å². The summed E-state index contributed by atoms with van der Waals surface area (Å²) in [7, 11) is 1.30. The number of hydrogen-bond donors (Lipinski definition) is 1. The number of ether oxygens (including phenoxy) is 5. The molecule has 0 radical (unpaired) electrons. The van der Waals surface area contributed by atoms with Crippen molar-refractivity contribution in [3.63, 3.8) is 0 Å². The van der Waals surface area contributed by atoms with Gasteiger partial charge in [0.05, 0.1) is 0 Å². The molecule has 11 nitrogen and oxygen atoms in total. The van der Waals surface area contributed by atoms with Gasteiger partial charge in [-0.25, -0.2) is 0 Å². The zero-order valence-electron chi connectivity index (χ0n) is 15.0. The number of amides is 1. The molecular formula is C15H21NO10. The lowest BCUT2D eigenvalue weighted by Gasteiger charge is -2.43. The van der Waals surface area contributed by atoms with Crippen LogP contribution in [0, 0.1) is 0 Å². The fourth-order valence-corrected chi connectivity index (χ4v) is 2.39. The maximum absolute atomic E-state index is 12.1. The third kappa shape index (κ3) is 5.69. The summed E-state index contributed by atoms with van der Waals surface area (Å²) in [5.41, 5.74) is 0. The molecule has 1 aliphatic rings. The van der Waals surface area contributed by atoms with Crippen LogP contribution in [0.4, 0.5) is 0 Å². The van der Waals surface area contributed by atoms with Gasteiger partial charge in [-0.3, -0.25) is 24.0 Å². The standard InChI is InChI=1S/C15H21NO10/c1-6(17)22-10-11(23-7(2)18)13(24-8(3)19)15(25-9(4)20)26-12(10)14(21)16-5/h10-13,15H,1-5H3,(H,16,21). The highest BCUT2D eigenvalue weighted by atomic mass is 16.7. The molecule has 0 aromatic heterocycles. The predicted molar refractivity (Wildman–Crippen MR) is 81.2 cm³/mol. The molecule has 0 bridgehead atoms. The van der Waals surface area contributed by atoms with Gasteiger partial charge in [-0.05, 0) is 0 Å². The Morgan fingerprint density at radius 1 is 0.692 bits per heavy atom. The number of carbonyl (C=O) groups is 5. The molecule has 5 atom stereocenters. The van der Waals surface area contributed by atoms with Crippen molar-refractivity contribution >= 4 is 29.8 Å². The summed E-state index contributed by atoms with van der Waals surface area (Å²) in [5.74, 6) is -3.92. The van der Waals surface area contributed by atoms with E-state index in [-0.39, 0.29) is 0 Å². The molecule has 1 rings (SSSR count). The minimum atomic E-state index is -1.56. The first-order valence-corrected chi connectivity index (χ1v) is 7.62. The van der Waals surface area contributed by atoms with Crippen LogP contribution in [0.25, 0.3) is 0 Å². The molecule has 146 valence electrons. The summed E-state index contributed by atoms with van der Waals surface area (Å²) in [6.07, 6.45) is -7.38. The van der Waals surface area contributed by atoms with Gasteiger partial charge in [-0.15, -0.1) is 0 Å². The third-order valence-corrected chi connectivity index (χ3v) is 3.19. The Morgan fingerprint density at radius 2 is 1.12 bits per heavy atom. The molecular weight excluding hydrogens is 354 g/mol. The topological polar surface area (TPSA) is 144 Å². The van der Waals surface area contributed by atoms with Crippen molar-refractivity contribution in [3.05, 3.63) is 0 Å². The Bertz CT molecular complexity index is 589. The van der Waals surface area contributed by atoms with Gasteiger partial charge in [-0.2, -0.15) is 0 Å². The molecule has 0 saturated carbocycles. The summed E-state index contributed by atoms with van der Waals surface area (Å²) in [6, 6.07) is 0. The first kappa shape index (κ1) is 21.4. The fraction of sp³-hybridized carbons (Fsp3) is 0.667. The Hall–Kier alpha value is -2.69. The van der Waals surface area contributed by atoms with Gasteiger partial charge in [-0.1, -0.05) is 0 Å². The summed E-state index contributed by atoms with van der Waals surface area (Å²) >= 11 is 0. The van der Waals surface area contributed by atoms with E-state index in [9.17, 15) is 24.0 Å². The lowest BCUT2D eigenvalue weighted by Crippen LogP contribution is -2.65. The third-order valence-electron chi connectivity index (χ3n) is 3.19. The van der Waals surface area contributed by atoms with E-state index in [0.717, 1.165) is 27.7 Å². The van der Waals surface area contributed by atoms with E-state index >= 15 is 0 Å². The molecule has 1 N–H and O–H groups in total. The summed E-state index contributed by atoms with van der Waals surface area (Å²) in [6.45, 7) is 4.29. The van der Waals surface area contributed by atoms with Crippen LogP contribution in [0.1, 0.15) is 27.7 Å². The lowest BCUT2D eigenvalue weighted by atomic mass is 9.97. The van der Waals surface area contributed by atoms with E-state index in [1.807, 2.05) is 0 Å². The van der Waals surface area contributed by atoms with Gasteiger partial charge in [0, 0.05) is 34.7 Å². The van der Waals surface area contributed by atoms with E-state index in [1.54, 1.807) is 0 Å². The number of rotatable bonds is 5. The van der Waals surface area contributed by atoms with Crippen LogP contribution in [0.15, 0.2) is 0 Å². The first-order valence-electron chi connectivity index (χ1n) is 7.62. The van der Waals surface area contributed by atoms with Crippen molar-refractivity contribution in [2.75, 3.05) is 7.05 Å². The van der Waals surface area contributed by atoms with E-state index < -0.39 is 60.5 Å². The van der Waals surface area contributed by atoms with E-state index in [2.05, 4.69) is 5.32 Å². The first-order chi connectivity index (χ1) is 12.1. The van der Waals surface area contributed by atoms with Crippen LogP contribution < -0.4 is 5.32 Å². The Labute approximate surface area is 149 Å². The predicted octanol–water partition coefficient (Wildman–Crippen LogP) is -1.18. The molecule has 0 aliphatic carbocycles. The van der Waals surface area contributed by atoms with Crippen molar-refractivity contribution in [2.24, 2.45) is 0 Å². The smallest absolute Gasteiger partial charge is 0.305 e. The average Bonchev–Trinajstić information content (AvgIpc) is 2.50. The van der Waals surface area contributed by atoms with Crippen LogP contribution in [-0.2, 0) is 47.7 Å². The van der Waals surface area contributed by atoms with E-state index in [4.69, 9.17) is 23.7 Å². The molecule has 1 aliphatic heterocycles. The summed E-state index contributed by atoms with van der Waals surface area (Å²) in [4.78, 5) is 57.8. The molecule has 0 aromatic rings. The van der Waals surface area contributed by atoms with Crippen LogP contribution >= 0.6 is 0 Å². The maximum atomic E-state index is 12.1. The number of esters is 4. The molecule has 0 aromatic carbocycles. The molecule has 1 heterocycles. The van der Waals surface area contributed by atoms with Gasteiger partial charge in [0.25, 0.3) is 5.91 Å². The van der Waals surface area contributed by atoms with Crippen molar-refractivity contribution in [1.29, 1.82) is 0 Å². The quantitative estimate of drug-likeness (QED) is 0.460. The molecule has 11 heteroatoms. The Morgan fingerprint density at radius 3 is 1.54 bits per heavy atom. The van der Waals surface area contributed by atoms with Gasteiger partial charge in [0.15, 0.2) is 18.3 Å². The Balaban J connectivity index is 3.37. The minimum absolute atomic E-state index is 0.730. The molecule has 26 heavy (non-hydrogen) atoms. The van der Waals surface area contributed by atoms with Crippen LogP contribution in [-0.4, -0.2) is 67.5 Å². The van der Waals surface area contributed by atoms with Gasteiger partial charge < -0.3 is 29.0 Å². The number of nitrogens with one attached hydrogen (secondary N) is 1. The molecule has 5 unspecified atom stereocenters. The molecule has 1 fully saturated rings. The highest BCUT2D eigenvalue weighted by Gasteiger charge is 2.55. The summed E-state index contributed by atoms with van der Waals surface area (Å²) < 4.78 is 25.6. The maximum Gasteiger partial charge on any atom is 0.305 e. The number of hydrogen-bond acceptors (Lipinski definition) is 10. The van der Waals surface area contributed by atoms with Crippen LogP contribution in [0.2, 0.25) is 0 Å². The van der Waals surface area contributed by atoms with Gasteiger partial charge in [0.2, 0.25) is 12.4 Å².